The topological polar surface area (TPSA) is 77.5 Å². The number of alkyl halides is 3. The molecule has 1 atom stereocenters. The third kappa shape index (κ3) is 5.20. The first kappa shape index (κ1) is 19.2. The number of ether oxygens (including phenoxy) is 2. The Morgan fingerprint density at radius 3 is 2.27 bits per heavy atom. The molecule has 1 aromatic carbocycles. The molecule has 1 aromatic heterocycles. The zero-order valence-corrected chi connectivity index (χ0v) is 13.8. The first-order valence-corrected chi connectivity index (χ1v) is 7.40. The van der Waals surface area contributed by atoms with Gasteiger partial charge in [-0.3, -0.25) is 9.78 Å². The predicted octanol–water partition coefficient (Wildman–Crippen LogP) is 3.26. The molecule has 0 saturated heterocycles. The molecule has 0 spiro atoms. The van der Waals surface area contributed by atoms with Crippen molar-refractivity contribution < 1.29 is 32.2 Å². The average molecular weight is 368 g/mol. The molecule has 1 N–H and O–H groups in total. The van der Waals surface area contributed by atoms with Crippen LogP contribution in [0.3, 0.4) is 0 Å². The second kappa shape index (κ2) is 7.85. The molecule has 6 nitrogen and oxygen atoms in total. The first-order chi connectivity index (χ1) is 12.2. The van der Waals surface area contributed by atoms with Crippen molar-refractivity contribution in [3.8, 4) is 5.75 Å². The van der Waals surface area contributed by atoms with Crippen molar-refractivity contribution in [2.24, 2.45) is 0 Å². The third-order valence-corrected chi connectivity index (χ3v) is 3.38. The van der Waals surface area contributed by atoms with Crippen LogP contribution in [-0.4, -0.2) is 30.3 Å². The summed E-state index contributed by atoms with van der Waals surface area (Å²) >= 11 is 0. The Morgan fingerprint density at radius 2 is 1.77 bits per heavy atom. The lowest BCUT2D eigenvalue weighted by Crippen LogP contribution is -2.27. The van der Waals surface area contributed by atoms with Gasteiger partial charge in [0.1, 0.15) is 11.4 Å². The highest BCUT2D eigenvalue weighted by molar-refractivity contribution is 5.94. The number of esters is 1. The summed E-state index contributed by atoms with van der Waals surface area (Å²) in [5.41, 5.74) is 0.873. The van der Waals surface area contributed by atoms with E-state index in [1.165, 1.54) is 37.6 Å². The van der Waals surface area contributed by atoms with Crippen molar-refractivity contribution in [1.82, 2.24) is 10.3 Å². The van der Waals surface area contributed by atoms with E-state index in [1.54, 1.807) is 6.92 Å². The molecular weight excluding hydrogens is 353 g/mol. The van der Waals surface area contributed by atoms with Crippen LogP contribution in [0.25, 0.3) is 0 Å². The average Bonchev–Trinajstić information content (AvgIpc) is 2.60. The number of hydrogen-bond donors (Lipinski definition) is 1. The second-order valence-corrected chi connectivity index (χ2v) is 5.24. The lowest BCUT2D eigenvalue weighted by molar-refractivity contribution is -0.274. The van der Waals surface area contributed by atoms with E-state index < -0.39 is 24.3 Å². The summed E-state index contributed by atoms with van der Waals surface area (Å²) in [6.07, 6.45) is -3.54. The number of hydrogen-bond acceptors (Lipinski definition) is 5. The minimum absolute atomic E-state index is 0.0847. The van der Waals surface area contributed by atoms with E-state index in [0.29, 0.717) is 5.56 Å². The molecule has 0 bridgehead atoms. The molecule has 0 radical (unpaired) electrons. The number of carbonyl (C=O) groups is 2. The second-order valence-electron chi connectivity index (χ2n) is 5.24. The van der Waals surface area contributed by atoms with Crippen LogP contribution in [0.2, 0.25) is 0 Å². The minimum atomic E-state index is -4.76. The summed E-state index contributed by atoms with van der Waals surface area (Å²) in [5, 5.41) is 2.66. The quantitative estimate of drug-likeness (QED) is 0.820. The van der Waals surface area contributed by atoms with Crippen molar-refractivity contribution in [2.75, 3.05) is 7.11 Å². The maximum atomic E-state index is 12.2. The molecule has 0 aliphatic rings. The van der Waals surface area contributed by atoms with Gasteiger partial charge < -0.3 is 14.8 Å². The van der Waals surface area contributed by atoms with Crippen LogP contribution in [0.4, 0.5) is 13.2 Å². The van der Waals surface area contributed by atoms with E-state index in [2.05, 4.69) is 19.8 Å². The Labute approximate surface area is 146 Å². The Balaban J connectivity index is 2.01. The molecule has 0 aliphatic heterocycles. The maximum Gasteiger partial charge on any atom is 0.573 e. The molecule has 0 fully saturated rings. The zero-order valence-electron chi connectivity index (χ0n) is 13.8. The van der Waals surface area contributed by atoms with E-state index in [9.17, 15) is 22.8 Å². The van der Waals surface area contributed by atoms with E-state index in [0.717, 1.165) is 12.1 Å². The lowest BCUT2D eigenvalue weighted by Gasteiger charge is -2.15. The van der Waals surface area contributed by atoms with Crippen LogP contribution in [0.5, 0.6) is 5.75 Å². The minimum Gasteiger partial charge on any atom is -0.465 e. The summed E-state index contributed by atoms with van der Waals surface area (Å²) < 4.78 is 44.8. The number of nitrogens with zero attached hydrogens (tertiary/aromatic N) is 1. The van der Waals surface area contributed by atoms with E-state index in [1.807, 2.05) is 0 Å². The highest BCUT2D eigenvalue weighted by Crippen LogP contribution is 2.24. The van der Waals surface area contributed by atoms with Gasteiger partial charge in [0.25, 0.3) is 5.91 Å². The van der Waals surface area contributed by atoms with Crippen LogP contribution < -0.4 is 10.1 Å². The molecule has 0 saturated carbocycles. The summed E-state index contributed by atoms with van der Waals surface area (Å²) in [5.74, 6) is -1.41. The molecule has 9 heteroatoms. The Kier molecular flexibility index (Phi) is 5.81. The number of halogens is 3. The molecule has 0 aliphatic carbocycles. The van der Waals surface area contributed by atoms with Crippen LogP contribution in [0.1, 0.15) is 39.4 Å². The smallest absolute Gasteiger partial charge is 0.465 e. The van der Waals surface area contributed by atoms with Crippen molar-refractivity contribution in [2.45, 2.75) is 19.3 Å². The molecule has 1 heterocycles. The van der Waals surface area contributed by atoms with Crippen LogP contribution in [0, 0.1) is 0 Å². The molecule has 2 aromatic rings. The maximum absolute atomic E-state index is 12.2. The molecule has 2 rings (SSSR count). The number of carbonyl (C=O) groups excluding carboxylic acids is 2. The van der Waals surface area contributed by atoms with Gasteiger partial charge in [0.15, 0.2) is 0 Å². The highest BCUT2D eigenvalue weighted by atomic mass is 19.4. The fourth-order valence-electron chi connectivity index (χ4n) is 2.08. The summed E-state index contributed by atoms with van der Waals surface area (Å²) in [6, 6.07) is 7.45. The number of amides is 1. The normalized spacial score (nSPS) is 12.2. The third-order valence-electron chi connectivity index (χ3n) is 3.38. The van der Waals surface area contributed by atoms with Gasteiger partial charge in [0.2, 0.25) is 0 Å². The van der Waals surface area contributed by atoms with Gasteiger partial charge in [-0.15, -0.1) is 13.2 Å². The zero-order chi connectivity index (χ0) is 19.3. The Hall–Kier alpha value is -3.10. The number of methoxy groups -OCH3 is 1. The van der Waals surface area contributed by atoms with E-state index in [4.69, 9.17) is 0 Å². The van der Waals surface area contributed by atoms with Crippen LogP contribution in [0.15, 0.2) is 42.6 Å². The van der Waals surface area contributed by atoms with Crippen LogP contribution in [-0.2, 0) is 4.74 Å². The highest BCUT2D eigenvalue weighted by Gasteiger charge is 2.31. The summed E-state index contributed by atoms with van der Waals surface area (Å²) in [6.45, 7) is 1.67. The van der Waals surface area contributed by atoms with Crippen molar-refractivity contribution >= 4 is 11.9 Å². The number of nitrogens with one attached hydrogen (secondary N) is 1. The summed E-state index contributed by atoms with van der Waals surface area (Å²) in [7, 11) is 1.23. The summed E-state index contributed by atoms with van der Waals surface area (Å²) in [4.78, 5) is 27.4. The van der Waals surface area contributed by atoms with Gasteiger partial charge in [-0.25, -0.2) is 4.79 Å². The van der Waals surface area contributed by atoms with Gasteiger partial charge in [0.05, 0.1) is 18.7 Å². The molecule has 1 amide bonds. The number of rotatable bonds is 5. The van der Waals surface area contributed by atoms with Gasteiger partial charge in [-0.2, -0.15) is 0 Å². The molecule has 138 valence electrons. The predicted molar refractivity (Wildman–Crippen MR) is 84.6 cm³/mol. The molecule has 0 unspecified atom stereocenters. The monoisotopic (exact) mass is 368 g/mol. The van der Waals surface area contributed by atoms with Gasteiger partial charge >= 0.3 is 12.3 Å². The van der Waals surface area contributed by atoms with Crippen molar-refractivity contribution in [3.05, 3.63) is 59.4 Å². The fraction of sp³-hybridized carbons (Fsp3) is 0.235. The van der Waals surface area contributed by atoms with E-state index in [-0.39, 0.29) is 17.0 Å². The van der Waals surface area contributed by atoms with Crippen molar-refractivity contribution in [3.63, 3.8) is 0 Å². The Bertz CT molecular complexity index is 774. The number of benzene rings is 1. The van der Waals surface area contributed by atoms with Crippen LogP contribution >= 0.6 is 0 Å². The lowest BCUT2D eigenvalue weighted by atomic mass is 10.1. The standard InChI is InChI=1S/C17H15F3N2O4/c1-10(11-3-6-13(7-4-11)26-17(18,19)20)22-15(23)14-8-5-12(9-21-14)16(24)25-2/h3-10H,1-2H3,(H,22,23)/t10-/m0/s1. The van der Waals surface area contributed by atoms with E-state index >= 15 is 0 Å². The number of aromatic nitrogens is 1. The van der Waals surface area contributed by atoms with Crippen molar-refractivity contribution in [1.29, 1.82) is 0 Å². The van der Waals surface area contributed by atoms with Gasteiger partial charge in [-0.1, -0.05) is 12.1 Å². The van der Waals surface area contributed by atoms with Gasteiger partial charge in [-0.05, 0) is 36.8 Å². The number of pyridine rings is 1. The SMILES string of the molecule is COC(=O)c1ccc(C(=O)N[C@@H](C)c2ccc(OC(F)(F)F)cc2)nc1. The first-order valence-electron chi connectivity index (χ1n) is 7.40. The van der Waals surface area contributed by atoms with Gasteiger partial charge in [0, 0.05) is 6.20 Å². The Morgan fingerprint density at radius 1 is 1.12 bits per heavy atom. The molecular formula is C17H15F3N2O4. The molecule has 26 heavy (non-hydrogen) atoms. The fourth-order valence-corrected chi connectivity index (χ4v) is 2.08. The largest absolute Gasteiger partial charge is 0.573 e.